The predicted molar refractivity (Wildman–Crippen MR) is 93.7 cm³/mol. The van der Waals surface area contributed by atoms with Gasteiger partial charge in [0, 0.05) is 13.1 Å². The Morgan fingerprint density at radius 1 is 1.12 bits per heavy atom. The topological polar surface area (TPSA) is 62.7 Å². The molecule has 0 radical (unpaired) electrons. The van der Waals surface area contributed by atoms with Crippen LogP contribution in [0.4, 0.5) is 0 Å². The average molecular weight is 338 g/mol. The van der Waals surface area contributed by atoms with Gasteiger partial charge in [-0.25, -0.2) is 4.98 Å². The van der Waals surface area contributed by atoms with E-state index in [2.05, 4.69) is 9.88 Å². The maximum absolute atomic E-state index is 12.3. The fourth-order valence-corrected chi connectivity index (χ4v) is 4.09. The summed E-state index contributed by atoms with van der Waals surface area (Å²) in [5.74, 6) is 2.25. The van der Waals surface area contributed by atoms with Gasteiger partial charge in [-0.1, -0.05) is 18.2 Å². The number of nitrogens with zero attached hydrogens (tertiary/aromatic N) is 2. The fraction of sp³-hybridized carbons (Fsp3) is 0.400. The van der Waals surface area contributed by atoms with Gasteiger partial charge in [0.15, 0.2) is 5.78 Å². The molecule has 2 heterocycles. The van der Waals surface area contributed by atoms with Gasteiger partial charge >= 0.3 is 0 Å². The Hall–Kier alpha value is -2.40. The number of fused-ring (bicyclic) bond motifs is 1. The van der Waals surface area contributed by atoms with E-state index in [1.165, 1.54) is 12.3 Å². The maximum atomic E-state index is 12.3. The predicted octanol–water partition coefficient (Wildman–Crippen LogP) is 2.76. The largest absolute Gasteiger partial charge is 0.506 e. The van der Waals surface area contributed by atoms with Gasteiger partial charge < -0.3 is 9.84 Å². The van der Waals surface area contributed by atoms with Gasteiger partial charge in [0.25, 0.3) is 0 Å². The Kier molecular flexibility index (Phi) is 4.40. The lowest BCUT2D eigenvalue weighted by Gasteiger charge is -2.19. The molecule has 3 atom stereocenters. The molecule has 1 aromatic carbocycles. The van der Waals surface area contributed by atoms with Crippen molar-refractivity contribution in [3.63, 3.8) is 0 Å². The lowest BCUT2D eigenvalue weighted by atomic mass is 10.0. The lowest BCUT2D eigenvalue weighted by Crippen LogP contribution is -2.30. The number of likely N-dealkylation sites (tertiary alicyclic amines) is 1. The number of rotatable bonds is 5. The molecule has 130 valence electrons. The number of aromatic nitrogens is 1. The molecule has 0 bridgehead atoms. The molecule has 2 fully saturated rings. The van der Waals surface area contributed by atoms with Crippen LogP contribution in [0.15, 0.2) is 48.7 Å². The summed E-state index contributed by atoms with van der Waals surface area (Å²) in [5, 5.41) is 9.27. The van der Waals surface area contributed by atoms with Gasteiger partial charge in [-0.15, -0.1) is 0 Å². The van der Waals surface area contributed by atoms with Crippen molar-refractivity contribution in [3.8, 4) is 11.5 Å². The molecule has 1 unspecified atom stereocenters. The van der Waals surface area contributed by atoms with Crippen LogP contribution in [-0.2, 0) is 0 Å². The number of carbonyl (C=O) groups excluding carboxylic acids is 1. The van der Waals surface area contributed by atoms with Crippen molar-refractivity contribution < 1.29 is 14.6 Å². The normalized spacial score (nSPS) is 25.7. The first-order chi connectivity index (χ1) is 12.2. The molecular weight excluding hydrogens is 316 g/mol. The van der Waals surface area contributed by atoms with Crippen LogP contribution in [0.5, 0.6) is 11.5 Å². The van der Waals surface area contributed by atoms with Crippen molar-refractivity contribution in [2.24, 2.45) is 11.8 Å². The standard InChI is InChI=1S/C20H22N2O3/c23-16-6-7-19(21-10-16)20(24)13-22-11-14-8-18(9-15(14)12-22)25-17-4-2-1-3-5-17/h1-7,10,14-15,18,23H,8-9,11-13H2/t14-,15?,18+/m0/s1. The number of benzene rings is 1. The minimum atomic E-state index is 0.0112. The molecule has 1 aliphatic heterocycles. The highest BCUT2D eigenvalue weighted by Crippen LogP contribution is 2.39. The zero-order valence-electron chi connectivity index (χ0n) is 14.0. The molecule has 2 aromatic rings. The monoisotopic (exact) mass is 338 g/mol. The van der Waals surface area contributed by atoms with Gasteiger partial charge in [-0.2, -0.15) is 0 Å². The number of Topliss-reactive ketones (excluding diaryl/α,β-unsaturated/α-hetero) is 1. The molecule has 2 aliphatic rings. The summed E-state index contributed by atoms with van der Waals surface area (Å²) in [7, 11) is 0. The SMILES string of the molecule is O=C(CN1CC2C[C@H](Oc3ccccc3)C[C@H]2C1)c1ccc(O)cn1. The van der Waals surface area contributed by atoms with Crippen molar-refractivity contribution in [3.05, 3.63) is 54.4 Å². The highest BCUT2D eigenvalue weighted by Gasteiger charge is 2.42. The quantitative estimate of drug-likeness (QED) is 0.850. The maximum Gasteiger partial charge on any atom is 0.195 e. The van der Waals surface area contributed by atoms with Crippen LogP contribution in [0, 0.1) is 11.8 Å². The minimum Gasteiger partial charge on any atom is -0.506 e. The molecule has 0 amide bonds. The molecule has 1 N–H and O–H groups in total. The number of hydrogen-bond acceptors (Lipinski definition) is 5. The Morgan fingerprint density at radius 2 is 1.84 bits per heavy atom. The molecule has 1 aliphatic carbocycles. The van der Waals surface area contributed by atoms with E-state index in [9.17, 15) is 9.90 Å². The first-order valence-corrected chi connectivity index (χ1v) is 8.79. The third kappa shape index (κ3) is 3.66. The van der Waals surface area contributed by atoms with Crippen molar-refractivity contribution >= 4 is 5.78 Å². The summed E-state index contributed by atoms with van der Waals surface area (Å²) in [6.07, 6.45) is 3.72. The van der Waals surface area contributed by atoms with Crippen LogP contribution < -0.4 is 4.74 Å². The molecule has 5 heteroatoms. The summed E-state index contributed by atoms with van der Waals surface area (Å²) in [4.78, 5) is 18.6. The van der Waals surface area contributed by atoms with Gasteiger partial charge in [-0.3, -0.25) is 9.69 Å². The Labute approximate surface area is 147 Å². The highest BCUT2D eigenvalue weighted by molar-refractivity contribution is 5.95. The summed E-state index contributed by atoms with van der Waals surface area (Å²) >= 11 is 0. The number of carbonyl (C=O) groups is 1. The van der Waals surface area contributed by atoms with Gasteiger partial charge in [0.2, 0.25) is 0 Å². The molecule has 1 aromatic heterocycles. The number of aromatic hydroxyl groups is 1. The van der Waals surface area contributed by atoms with Crippen molar-refractivity contribution in [1.82, 2.24) is 9.88 Å². The van der Waals surface area contributed by atoms with E-state index in [0.717, 1.165) is 31.7 Å². The summed E-state index contributed by atoms with van der Waals surface area (Å²) in [6.45, 7) is 2.29. The third-order valence-electron chi connectivity index (χ3n) is 5.23. The molecule has 1 saturated heterocycles. The highest BCUT2D eigenvalue weighted by atomic mass is 16.5. The van der Waals surface area contributed by atoms with Crippen LogP contribution in [-0.4, -0.2) is 46.5 Å². The second-order valence-corrected chi connectivity index (χ2v) is 7.06. The van der Waals surface area contributed by atoms with E-state index < -0.39 is 0 Å². The molecule has 4 rings (SSSR count). The minimum absolute atomic E-state index is 0.0112. The number of hydrogen-bond donors (Lipinski definition) is 1. The van der Waals surface area contributed by atoms with E-state index in [-0.39, 0.29) is 17.6 Å². The van der Waals surface area contributed by atoms with Crippen LogP contribution in [0.1, 0.15) is 23.3 Å². The van der Waals surface area contributed by atoms with Gasteiger partial charge in [-0.05, 0) is 48.9 Å². The number of para-hydroxylation sites is 1. The second kappa shape index (κ2) is 6.84. The summed E-state index contributed by atoms with van der Waals surface area (Å²) in [6, 6.07) is 13.1. The van der Waals surface area contributed by atoms with Gasteiger partial charge in [0.1, 0.15) is 17.2 Å². The van der Waals surface area contributed by atoms with Crippen LogP contribution in [0.2, 0.25) is 0 Å². The first kappa shape index (κ1) is 16.1. The first-order valence-electron chi connectivity index (χ1n) is 8.79. The van der Waals surface area contributed by atoms with Crippen molar-refractivity contribution in [2.75, 3.05) is 19.6 Å². The Balaban J connectivity index is 1.29. The third-order valence-corrected chi connectivity index (χ3v) is 5.23. The van der Waals surface area contributed by atoms with Gasteiger partial charge in [0.05, 0.1) is 18.8 Å². The van der Waals surface area contributed by atoms with E-state index >= 15 is 0 Å². The van der Waals surface area contributed by atoms with E-state index in [0.29, 0.717) is 24.1 Å². The van der Waals surface area contributed by atoms with Crippen LogP contribution >= 0.6 is 0 Å². The molecule has 0 spiro atoms. The number of ether oxygens (including phenoxy) is 1. The molecule has 1 saturated carbocycles. The molecule has 5 nitrogen and oxygen atoms in total. The van der Waals surface area contributed by atoms with E-state index in [1.54, 1.807) is 6.07 Å². The molecular formula is C20H22N2O3. The number of pyridine rings is 1. The van der Waals surface area contributed by atoms with Crippen molar-refractivity contribution in [2.45, 2.75) is 18.9 Å². The zero-order chi connectivity index (χ0) is 17.2. The fourth-order valence-electron chi connectivity index (χ4n) is 4.09. The van der Waals surface area contributed by atoms with E-state index in [1.807, 2.05) is 30.3 Å². The Morgan fingerprint density at radius 3 is 2.48 bits per heavy atom. The summed E-state index contributed by atoms with van der Waals surface area (Å²) < 4.78 is 6.09. The van der Waals surface area contributed by atoms with Crippen molar-refractivity contribution in [1.29, 1.82) is 0 Å². The van der Waals surface area contributed by atoms with E-state index in [4.69, 9.17) is 4.74 Å². The smallest absolute Gasteiger partial charge is 0.195 e. The summed E-state index contributed by atoms with van der Waals surface area (Å²) in [5.41, 5.74) is 0.417. The lowest BCUT2D eigenvalue weighted by molar-refractivity contribution is 0.0932. The number of ketones is 1. The van der Waals surface area contributed by atoms with Crippen LogP contribution in [0.3, 0.4) is 0 Å². The second-order valence-electron chi connectivity index (χ2n) is 7.06. The Bertz CT molecular complexity index is 718. The average Bonchev–Trinajstić information content (AvgIpc) is 3.14. The molecule has 25 heavy (non-hydrogen) atoms. The zero-order valence-corrected chi connectivity index (χ0v) is 14.0. The van der Waals surface area contributed by atoms with Crippen LogP contribution in [0.25, 0.3) is 0 Å².